The zero-order valence-corrected chi connectivity index (χ0v) is 17.4. The molecule has 1 unspecified atom stereocenters. The Balaban J connectivity index is 1.12. The fraction of sp³-hybridized carbons (Fsp3) is 0.680. The summed E-state index contributed by atoms with van der Waals surface area (Å²) in [5, 5.41) is 3.60. The Hall–Kier alpha value is -1.32. The molecule has 0 bridgehead atoms. The zero-order valence-electron chi connectivity index (χ0n) is 17.4. The fourth-order valence-corrected chi connectivity index (χ4v) is 5.80. The maximum absolute atomic E-state index is 3.60. The number of nitrogens with one attached hydrogen (secondary N) is 1. The standard InChI is InChI=1S/C25H37N3/c1-2-15-26-22(4-1)20-21-7-9-24(10-8-21)28-18-13-25(14-19-28)11-16-27(17-12-25)23-5-3-6-23/h1-2,7-10,22-23,26H,3-6,11-20H2. The van der Waals surface area contributed by atoms with E-state index in [0.717, 1.165) is 25.4 Å². The van der Waals surface area contributed by atoms with Gasteiger partial charge in [-0.2, -0.15) is 0 Å². The number of likely N-dealkylation sites (tertiary alicyclic amines) is 1. The van der Waals surface area contributed by atoms with Gasteiger partial charge in [0.1, 0.15) is 0 Å². The smallest absolute Gasteiger partial charge is 0.0366 e. The number of rotatable bonds is 4. The number of hydrogen-bond donors (Lipinski definition) is 1. The molecular formula is C25H37N3. The number of anilines is 1. The highest BCUT2D eigenvalue weighted by Crippen LogP contribution is 2.43. The molecule has 1 spiro atoms. The van der Waals surface area contributed by atoms with Gasteiger partial charge in [-0.1, -0.05) is 30.7 Å². The van der Waals surface area contributed by atoms with Gasteiger partial charge < -0.3 is 15.1 Å². The van der Waals surface area contributed by atoms with Gasteiger partial charge in [0.05, 0.1) is 0 Å². The molecule has 28 heavy (non-hydrogen) atoms. The Labute approximate surface area is 171 Å². The Morgan fingerprint density at radius 1 is 0.893 bits per heavy atom. The summed E-state index contributed by atoms with van der Waals surface area (Å²) in [5.74, 6) is 0. The second kappa shape index (κ2) is 8.20. The van der Waals surface area contributed by atoms with Crippen molar-refractivity contribution in [2.24, 2.45) is 5.41 Å². The van der Waals surface area contributed by atoms with E-state index in [2.05, 4.69) is 51.5 Å². The second-order valence-electron chi connectivity index (χ2n) is 9.79. The Bertz CT molecular complexity index is 658. The highest BCUT2D eigenvalue weighted by molar-refractivity contribution is 5.48. The van der Waals surface area contributed by atoms with Crippen molar-refractivity contribution in [3.8, 4) is 0 Å². The molecule has 3 heteroatoms. The molecule has 3 nitrogen and oxygen atoms in total. The molecule has 5 rings (SSSR count). The van der Waals surface area contributed by atoms with E-state index in [0.29, 0.717) is 11.5 Å². The van der Waals surface area contributed by atoms with Gasteiger partial charge >= 0.3 is 0 Å². The molecule has 3 fully saturated rings. The quantitative estimate of drug-likeness (QED) is 0.783. The van der Waals surface area contributed by atoms with Crippen LogP contribution in [-0.4, -0.2) is 49.7 Å². The molecule has 1 N–H and O–H groups in total. The predicted octanol–water partition coefficient (Wildman–Crippen LogP) is 4.38. The van der Waals surface area contributed by atoms with Gasteiger partial charge in [0.25, 0.3) is 0 Å². The summed E-state index contributed by atoms with van der Waals surface area (Å²) < 4.78 is 0. The SMILES string of the molecule is C1=CCC(Cc2ccc(N3CCC4(CC3)CCN(C3CCC3)CC4)cc2)NC1. The topological polar surface area (TPSA) is 18.5 Å². The van der Waals surface area contributed by atoms with Gasteiger partial charge in [0, 0.05) is 37.4 Å². The van der Waals surface area contributed by atoms with E-state index in [1.807, 2.05) is 0 Å². The lowest BCUT2D eigenvalue weighted by Crippen LogP contribution is -2.50. The average molecular weight is 380 g/mol. The van der Waals surface area contributed by atoms with Gasteiger partial charge in [-0.3, -0.25) is 0 Å². The molecule has 3 aliphatic heterocycles. The van der Waals surface area contributed by atoms with Gasteiger partial charge in [-0.05, 0) is 87.6 Å². The van der Waals surface area contributed by atoms with Gasteiger partial charge in [-0.15, -0.1) is 0 Å². The van der Waals surface area contributed by atoms with Crippen LogP contribution in [-0.2, 0) is 6.42 Å². The normalized spacial score (nSPS) is 28.4. The fourth-order valence-electron chi connectivity index (χ4n) is 5.80. The van der Waals surface area contributed by atoms with E-state index >= 15 is 0 Å². The van der Waals surface area contributed by atoms with Crippen molar-refractivity contribution >= 4 is 5.69 Å². The van der Waals surface area contributed by atoms with Crippen molar-refractivity contribution in [2.45, 2.75) is 69.9 Å². The molecule has 0 aromatic heterocycles. The molecule has 1 aromatic carbocycles. The summed E-state index contributed by atoms with van der Waals surface area (Å²) >= 11 is 0. The van der Waals surface area contributed by atoms with E-state index in [1.165, 1.54) is 82.4 Å². The summed E-state index contributed by atoms with van der Waals surface area (Å²) in [4.78, 5) is 5.44. The van der Waals surface area contributed by atoms with Crippen LogP contribution >= 0.6 is 0 Å². The molecule has 1 saturated carbocycles. The van der Waals surface area contributed by atoms with Crippen LogP contribution in [0.5, 0.6) is 0 Å². The highest BCUT2D eigenvalue weighted by Gasteiger charge is 2.39. The van der Waals surface area contributed by atoms with E-state index in [1.54, 1.807) is 0 Å². The molecule has 1 aromatic rings. The monoisotopic (exact) mass is 379 g/mol. The Morgan fingerprint density at radius 2 is 1.61 bits per heavy atom. The van der Waals surface area contributed by atoms with Crippen LogP contribution in [0.2, 0.25) is 0 Å². The molecule has 0 radical (unpaired) electrons. The zero-order chi connectivity index (χ0) is 18.8. The van der Waals surface area contributed by atoms with E-state index in [-0.39, 0.29) is 0 Å². The maximum atomic E-state index is 3.60. The van der Waals surface area contributed by atoms with Crippen LogP contribution in [0.4, 0.5) is 5.69 Å². The minimum Gasteiger partial charge on any atom is -0.371 e. The van der Waals surface area contributed by atoms with Crippen LogP contribution in [0.25, 0.3) is 0 Å². The lowest BCUT2D eigenvalue weighted by Gasteiger charge is -2.50. The number of nitrogens with zero attached hydrogens (tertiary/aromatic N) is 2. The Kier molecular flexibility index (Phi) is 5.47. The first-order chi connectivity index (χ1) is 13.8. The van der Waals surface area contributed by atoms with Crippen molar-refractivity contribution < 1.29 is 0 Å². The predicted molar refractivity (Wildman–Crippen MR) is 118 cm³/mol. The minimum absolute atomic E-state index is 0.608. The maximum Gasteiger partial charge on any atom is 0.0366 e. The van der Waals surface area contributed by atoms with Crippen LogP contribution in [0, 0.1) is 5.41 Å². The van der Waals surface area contributed by atoms with Crippen LogP contribution < -0.4 is 10.2 Å². The summed E-state index contributed by atoms with van der Waals surface area (Å²) in [6, 6.07) is 11.0. The lowest BCUT2D eigenvalue weighted by molar-refractivity contribution is 0.0306. The van der Waals surface area contributed by atoms with E-state index in [9.17, 15) is 0 Å². The molecule has 1 atom stereocenters. The van der Waals surface area contributed by atoms with Crippen molar-refractivity contribution in [3.05, 3.63) is 42.0 Å². The third-order valence-corrected chi connectivity index (χ3v) is 8.17. The van der Waals surface area contributed by atoms with E-state index in [4.69, 9.17) is 0 Å². The summed E-state index contributed by atoms with van der Waals surface area (Å²) in [7, 11) is 0. The molecular weight excluding hydrogens is 342 g/mol. The minimum atomic E-state index is 0.608. The van der Waals surface area contributed by atoms with Crippen molar-refractivity contribution in [1.82, 2.24) is 10.2 Å². The molecule has 1 aliphatic carbocycles. The lowest BCUT2D eigenvalue weighted by atomic mass is 9.70. The second-order valence-corrected chi connectivity index (χ2v) is 9.79. The highest BCUT2D eigenvalue weighted by atomic mass is 15.2. The number of piperidine rings is 2. The largest absolute Gasteiger partial charge is 0.371 e. The van der Waals surface area contributed by atoms with E-state index < -0.39 is 0 Å². The summed E-state index contributed by atoms with van der Waals surface area (Å²) in [5.41, 5.74) is 3.55. The third kappa shape index (κ3) is 4.02. The molecule has 152 valence electrons. The first-order valence-electron chi connectivity index (χ1n) is 11.8. The average Bonchev–Trinajstić information content (AvgIpc) is 2.71. The van der Waals surface area contributed by atoms with Crippen molar-refractivity contribution in [2.75, 3.05) is 37.6 Å². The summed E-state index contributed by atoms with van der Waals surface area (Å²) in [6.07, 6.45) is 16.9. The van der Waals surface area contributed by atoms with Crippen LogP contribution in [0.15, 0.2) is 36.4 Å². The number of benzene rings is 1. The molecule has 3 heterocycles. The Morgan fingerprint density at radius 3 is 2.21 bits per heavy atom. The molecule has 2 saturated heterocycles. The first kappa shape index (κ1) is 18.7. The first-order valence-corrected chi connectivity index (χ1v) is 11.8. The van der Waals surface area contributed by atoms with Gasteiger partial charge in [0.15, 0.2) is 0 Å². The number of hydrogen-bond acceptors (Lipinski definition) is 3. The van der Waals surface area contributed by atoms with Crippen LogP contribution in [0.1, 0.15) is 56.9 Å². The van der Waals surface area contributed by atoms with Gasteiger partial charge in [-0.25, -0.2) is 0 Å². The molecule has 4 aliphatic rings. The van der Waals surface area contributed by atoms with Crippen molar-refractivity contribution in [3.63, 3.8) is 0 Å². The summed E-state index contributed by atoms with van der Waals surface area (Å²) in [6.45, 7) is 6.25. The third-order valence-electron chi connectivity index (χ3n) is 8.17. The van der Waals surface area contributed by atoms with Crippen molar-refractivity contribution in [1.29, 1.82) is 0 Å². The molecule has 0 amide bonds. The van der Waals surface area contributed by atoms with Gasteiger partial charge in [0.2, 0.25) is 0 Å². The van der Waals surface area contributed by atoms with Crippen LogP contribution in [0.3, 0.4) is 0 Å².